The van der Waals surface area contributed by atoms with Crippen LogP contribution in [0, 0.1) is 5.82 Å². The third-order valence-corrected chi connectivity index (χ3v) is 4.91. The lowest BCUT2D eigenvalue weighted by atomic mass is 10.2. The molecule has 0 unspecified atom stereocenters. The van der Waals surface area contributed by atoms with Crippen LogP contribution >= 0.6 is 22.9 Å². The number of nitrogens with zero attached hydrogens (tertiary/aromatic N) is 1. The molecule has 0 radical (unpaired) electrons. The fraction of sp³-hybridized carbons (Fsp3) is 0.105. The molecule has 0 atom stereocenters. The van der Waals surface area contributed by atoms with E-state index in [-0.39, 0.29) is 12.4 Å². The first-order valence-corrected chi connectivity index (χ1v) is 9.33. The molecule has 27 heavy (non-hydrogen) atoms. The second-order valence-electron chi connectivity index (χ2n) is 5.59. The minimum absolute atomic E-state index is 0.265. The van der Waals surface area contributed by atoms with E-state index in [1.54, 1.807) is 36.4 Å². The van der Waals surface area contributed by atoms with Crippen molar-refractivity contribution in [2.75, 3.05) is 11.9 Å². The molecule has 5 nitrogen and oxygen atoms in total. The van der Waals surface area contributed by atoms with E-state index in [4.69, 9.17) is 11.6 Å². The van der Waals surface area contributed by atoms with Gasteiger partial charge in [-0.2, -0.15) is 0 Å². The van der Waals surface area contributed by atoms with Crippen LogP contribution in [0.3, 0.4) is 0 Å². The third-order valence-electron chi connectivity index (χ3n) is 3.64. The highest BCUT2D eigenvalue weighted by atomic mass is 35.5. The molecule has 1 heterocycles. The van der Waals surface area contributed by atoms with E-state index in [1.165, 1.54) is 23.5 Å². The molecule has 2 amide bonds. The molecule has 1 aromatic heterocycles. The Morgan fingerprint density at radius 3 is 2.56 bits per heavy atom. The molecular formula is C19H15ClFN3O2S. The van der Waals surface area contributed by atoms with Crippen LogP contribution in [0.25, 0.3) is 10.6 Å². The highest BCUT2D eigenvalue weighted by molar-refractivity contribution is 7.13. The number of carbonyl (C=O) groups is 2. The number of benzene rings is 2. The molecule has 0 aliphatic heterocycles. The summed E-state index contributed by atoms with van der Waals surface area (Å²) in [6, 6.07) is 12.8. The summed E-state index contributed by atoms with van der Waals surface area (Å²) >= 11 is 7.38. The Hall–Kier alpha value is -2.77. The highest BCUT2D eigenvalue weighted by Crippen LogP contribution is 2.24. The Balaban J connectivity index is 1.49. The Bertz CT molecular complexity index is 960. The molecule has 3 aromatic rings. The molecule has 0 fully saturated rings. The van der Waals surface area contributed by atoms with Crippen molar-refractivity contribution in [3.8, 4) is 10.6 Å². The molecule has 0 aliphatic carbocycles. The SMILES string of the molecule is O=C(NCCc1csc(-c2ccc(F)cc2)n1)C(=O)Nc1ccccc1Cl. The van der Waals surface area contributed by atoms with Gasteiger partial charge in [-0.25, -0.2) is 9.37 Å². The van der Waals surface area contributed by atoms with E-state index >= 15 is 0 Å². The first-order chi connectivity index (χ1) is 13.0. The number of thiazole rings is 1. The van der Waals surface area contributed by atoms with Crippen LogP contribution < -0.4 is 10.6 Å². The molecule has 3 rings (SSSR count). The first kappa shape index (κ1) is 19.0. The summed E-state index contributed by atoms with van der Waals surface area (Å²) < 4.78 is 13.0. The molecular weight excluding hydrogens is 389 g/mol. The summed E-state index contributed by atoms with van der Waals surface area (Å²) in [7, 11) is 0. The number of nitrogens with one attached hydrogen (secondary N) is 2. The molecule has 2 N–H and O–H groups in total. The maximum absolute atomic E-state index is 13.0. The van der Waals surface area contributed by atoms with Crippen LogP contribution in [0.4, 0.5) is 10.1 Å². The van der Waals surface area contributed by atoms with Crippen LogP contribution in [-0.2, 0) is 16.0 Å². The molecule has 0 saturated carbocycles. The number of hydrogen-bond acceptors (Lipinski definition) is 4. The van der Waals surface area contributed by atoms with Crippen molar-refractivity contribution in [2.45, 2.75) is 6.42 Å². The van der Waals surface area contributed by atoms with Gasteiger partial charge < -0.3 is 10.6 Å². The maximum atomic E-state index is 13.0. The topological polar surface area (TPSA) is 71.1 Å². The Labute approximate surface area is 164 Å². The zero-order valence-corrected chi connectivity index (χ0v) is 15.6. The number of aromatic nitrogens is 1. The lowest BCUT2D eigenvalue weighted by Crippen LogP contribution is -2.36. The average Bonchev–Trinajstić information content (AvgIpc) is 3.13. The molecule has 138 valence electrons. The van der Waals surface area contributed by atoms with Crippen molar-refractivity contribution in [1.29, 1.82) is 0 Å². The van der Waals surface area contributed by atoms with Crippen molar-refractivity contribution in [2.24, 2.45) is 0 Å². The molecule has 8 heteroatoms. The summed E-state index contributed by atoms with van der Waals surface area (Å²) in [5.74, 6) is -1.83. The van der Waals surface area contributed by atoms with Gasteiger partial charge in [-0.05, 0) is 36.4 Å². The van der Waals surface area contributed by atoms with Crippen molar-refractivity contribution in [1.82, 2.24) is 10.3 Å². The number of hydrogen-bond donors (Lipinski definition) is 2. The maximum Gasteiger partial charge on any atom is 0.313 e. The van der Waals surface area contributed by atoms with E-state index in [0.29, 0.717) is 17.1 Å². The van der Waals surface area contributed by atoms with Gasteiger partial charge in [0, 0.05) is 23.9 Å². The van der Waals surface area contributed by atoms with E-state index < -0.39 is 11.8 Å². The second-order valence-corrected chi connectivity index (χ2v) is 6.86. The Kier molecular flexibility index (Phi) is 6.16. The van der Waals surface area contributed by atoms with Crippen LogP contribution in [0.2, 0.25) is 5.02 Å². The quantitative estimate of drug-likeness (QED) is 0.635. The van der Waals surface area contributed by atoms with Gasteiger partial charge >= 0.3 is 11.8 Å². The summed E-state index contributed by atoms with van der Waals surface area (Å²) in [5, 5.41) is 8.01. The van der Waals surface area contributed by atoms with Gasteiger partial charge in [-0.15, -0.1) is 11.3 Å². The van der Waals surface area contributed by atoms with Gasteiger partial charge in [-0.3, -0.25) is 9.59 Å². The number of carbonyl (C=O) groups excluding carboxylic acids is 2. The van der Waals surface area contributed by atoms with Gasteiger partial charge in [0.25, 0.3) is 0 Å². The van der Waals surface area contributed by atoms with E-state index in [1.807, 2.05) is 5.38 Å². The zero-order chi connectivity index (χ0) is 19.2. The van der Waals surface area contributed by atoms with E-state index in [2.05, 4.69) is 15.6 Å². The van der Waals surface area contributed by atoms with Gasteiger partial charge in [0.1, 0.15) is 10.8 Å². The monoisotopic (exact) mass is 403 g/mol. The molecule has 2 aromatic carbocycles. The zero-order valence-electron chi connectivity index (χ0n) is 14.0. The van der Waals surface area contributed by atoms with Crippen LogP contribution in [-0.4, -0.2) is 23.3 Å². The summed E-state index contributed by atoms with van der Waals surface area (Å²) in [6.45, 7) is 0.265. The van der Waals surface area contributed by atoms with Crippen molar-refractivity contribution in [3.63, 3.8) is 0 Å². The van der Waals surface area contributed by atoms with Gasteiger partial charge in [0.15, 0.2) is 0 Å². The van der Waals surface area contributed by atoms with Gasteiger partial charge in [0.05, 0.1) is 16.4 Å². The predicted molar refractivity (Wildman–Crippen MR) is 104 cm³/mol. The van der Waals surface area contributed by atoms with Gasteiger partial charge in [0.2, 0.25) is 0 Å². The van der Waals surface area contributed by atoms with E-state index in [0.717, 1.165) is 16.3 Å². The average molecular weight is 404 g/mol. The molecule has 0 aliphatic rings. The minimum atomic E-state index is -0.784. The van der Waals surface area contributed by atoms with Gasteiger partial charge in [-0.1, -0.05) is 23.7 Å². The summed E-state index contributed by atoms with van der Waals surface area (Å²) in [5.41, 5.74) is 1.99. The number of rotatable bonds is 5. The smallest absolute Gasteiger partial charge is 0.313 e. The van der Waals surface area contributed by atoms with Crippen molar-refractivity contribution >= 4 is 40.4 Å². The fourth-order valence-corrected chi connectivity index (χ4v) is 3.32. The van der Waals surface area contributed by atoms with Crippen LogP contribution in [0.15, 0.2) is 53.9 Å². The number of anilines is 1. The Morgan fingerprint density at radius 1 is 1.07 bits per heavy atom. The minimum Gasteiger partial charge on any atom is -0.347 e. The molecule has 0 spiro atoms. The lowest BCUT2D eigenvalue weighted by Gasteiger charge is -2.07. The largest absolute Gasteiger partial charge is 0.347 e. The first-order valence-electron chi connectivity index (χ1n) is 8.07. The summed E-state index contributed by atoms with van der Waals surface area (Å²) in [4.78, 5) is 28.2. The van der Waals surface area contributed by atoms with Crippen LogP contribution in [0.1, 0.15) is 5.69 Å². The molecule has 0 saturated heterocycles. The fourth-order valence-electron chi connectivity index (χ4n) is 2.27. The highest BCUT2D eigenvalue weighted by Gasteiger charge is 2.14. The standard InChI is InChI=1S/C19H15ClFN3O2S/c20-15-3-1-2-4-16(15)24-18(26)17(25)22-10-9-14-11-27-19(23-14)12-5-7-13(21)8-6-12/h1-8,11H,9-10H2,(H,22,25)(H,24,26). The van der Waals surface area contributed by atoms with E-state index in [9.17, 15) is 14.0 Å². The third kappa shape index (κ3) is 5.12. The number of para-hydroxylation sites is 1. The van der Waals surface area contributed by atoms with Crippen LogP contribution in [0.5, 0.6) is 0 Å². The number of amides is 2. The lowest BCUT2D eigenvalue weighted by molar-refractivity contribution is -0.136. The second kappa shape index (κ2) is 8.75. The summed E-state index contributed by atoms with van der Waals surface area (Å²) in [6.07, 6.45) is 0.475. The normalized spacial score (nSPS) is 10.4. The molecule has 0 bridgehead atoms. The predicted octanol–water partition coefficient (Wildman–Crippen LogP) is 3.90. The Morgan fingerprint density at radius 2 is 1.81 bits per heavy atom. The van der Waals surface area contributed by atoms with Crippen molar-refractivity contribution < 1.29 is 14.0 Å². The van der Waals surface area contributed by atoms with Crippen molar-refractivity contribution in [3.05, 3.63) is 70.4 Å². The number of halogens is 2.